The van der Waals surface area contributed by atoms with Gasteiger partial charge in [0.1, 0.15) is 0 Å². The van der Waals surface area contributed by atoms with Crippen LogP contribution in [0.15, 0.2) is 24.3 Å². The molecule has 0 atom stereocenters. The first-order valence-electron chi connectivity index (χ1n) is 6.27. The molecule has 2 aromatic rings. The van der Waals surface area contributed by atoms with Crippen LogP contribution in [-0.2, 0) is 19.0 Å². The average molecular weight is 298 g/mol. The molecule has 0 N–H and O–H groups in total. The molecule has 0 spiro atoms. The summed E-state index contributed by atoms with van der Waals surface area (Å²) in [4.78, 5) is 5.57. The lowest BCUT2D eigenvalue weighted by atomic mass is 10.1. The molecule has 1 heterocycles. The minimum Gasteiger partial charge on any atom is -0.247 e. The summed E-state index contributed by atoms with van der Waals surface area (Å²) in [5.74, 6) is 0. The van der Waals surface area contributed by atoms with Crippen LogP contribution in [0.5, 0.6) is 0 Å². The number of aromatic nitrogens is 1. The van der Waals surface area contributed by atoms with Gasteiger partial charge in [-0.25, -0.2) is 4.98 Å². The molecule has 0 aliphatic heterocycles. The van der Waals surface area contributed by atoms with Gasteiger partial charge in [-0.05, 0) is 50.8 Å². The number of halogens is 3. The van der Waals surface area contributed by atoms with E-state index in [1.165, 1.54) is 17.0 Å². The number of rotatable bonds is 4. The smallest absolute Gasteiger partial charge is 0.247 e. The van der Waals surface area contributed by atoms with Crippen molar-refractivity contribution in [3.8, 4) is 0 Å². The lowest BCUT2D eigenvalue weighted by Gasteiger charge is -2.07. The predicted octanol–water partition coefficient (Wildman–Crippen LogP) is 4.77. The molecule has 1 radical (unpaired) electrons. The Morgan fingerprint density at radius 3 is 2.25 bits per heavy atom. The largest absolute Gasteiger partial charge is 0.416 e. The summed E-state index contributed by atoms with van der Waals surface area (Å²) in [7, 11) is 0. The second kappa shape index (κ2) is 5.95. The Morgan fingerprint density at radius 1 is 1.10 bits per heavy atom. The van der Waals surface area contributed by atoms with Gasteiger partial charge >= 0.3 is 6.18 Å². The van der Waals surface area contributed by atoms with Crippen molar-refractivity contribution in [2.45, 2.75) is 32.9 Å². The van der Waals surface area contributed by atoms with E-state index in [1.807, 2.05) is 13.8 Å². The van der Waals surface area contributed by atoms with E-state index >= 15 is 0 Å². The van der Waals surface area contributed by atoms with E-state index in [0.717, 1.165) is 34.8 Å². The van der Waals surface area contributed by atoms with E-state index in [1.54, 1.807) is 11.3 Å². The second-order valence-electron chi connectivity index (χ2n) is 4.63. The van der Waals surface area contributed by atoms with Gasteiger partial charge < -0.3 is 0 Å². The third-order valence-corrected chi connectivity index (χ3v) is 4.09. The number of hydrogen-bond acceptors (Lipinski definition) is 2. The van der Waals surface area contributed by atoms with Crippen molar-refractivity contribution >= 4 is 11.3 Å². The summed E-state index contributed by atoms with van der Waals surface area (Å²) in [5, 5.41) is 1.04. The third-order valence-electron chi connectivity index (χ3n) is 2.99. The monoisotopic (exact) mass is 298 g/mol. The Hall–Kier alpha value is -1.36. The number of hydrogen-bond donors (Lipinski definition) is 0. The van der Waals surface area contributed by atoms with Crippen LogP contribution in [-0.4, -0.2) is 4.98 Å². The van der Waals surface area contributed by atoms with Crippen LogP contribution in [0, 0.1) is 20.3 Å². The van der Waals surface area contributed by atoms with Crippen LogP contribution >= 0.6 is 11.3 Å². The summed E-state index contributed by atoms with van der Waals surface area (Å²) in [6.45, 7) is 3.95. The van der Waals surface area contributed by atoms with Gasteiger partial charge in [0.25, 0.3) is 0 Å². The Labute approximate surface area is 120 Å². The van der Waals surface area contributed by atoms with Gasteiger partial charge in [0, 0.05) is 4.88 Å². The average Bonchev–Trinajstić information content (AvgIpc) is 2.67. The summed E-state index contributed by atoms with van der Waals surface area (Å²) >= 11 is 1.66. The van der Waals surface area contributed by atoms with Crippen LogP contribution in [0.4, 0.5) is 13.2 Å². The molecule has 0 amide bonds. The number of nitrogens with zero attached hydrogens (tertiary/aromatic N) is 1. The van der Waals surface area contributed by atoms with Crippen molar-refractivity contribution in [1.29, 1.82) is 0 Å². The zero-order chi connectivity index (χ0) is 14.8. The van der Waals surface area contributed by atoms with Crippen molar-refractivity contribution in [2.75, 3.05) is 0 Å². The lowest BCUT2D eigenvalue weighted by Crippen LogP contribution is -2.04. The minimum absolute atomic E-state index is 0.602. The molecular formula is C15H15F3NS. The maximum Gasteiger partial charge on any atom is 0.416 e. The van der Waals surface area contributed by atoms with E-state index in [4.69, 9.17) is 0 Å². The van der Waals surface area contributed by atoms with Crippen LogP contribution in [0.3, 0.4) is 0 Å². The molecule has 0 saturated carbocycles. The highest BCUT2D eigenvalue weighted by Gasteiger charge is 2.29. The molecule has 2 rings (SSSR count). The molecule has 0 aliphatic carbocycles. The maximum absolute atomic E-state index is 12.4. The fourth-order valence-electron chi connectivity index (χ4n) is 1.96. The molecule has 5 heteroatoms. The van der Waals surface area contributed by atoms with Gasteiger partial charge in [-0.2, -0.15) is 13.2 Å². The van der Waals surface area contributed by atoms with Crippen molar-refractivity contribution in [2.24, 2.45) is 0 Å². The van der Waals surface area contributed by atoms with Crippen molar-refractivity contribution in [1.82, 2.24) is 4.98 Å². The summed E-state index contributed by atoms with van der Waals surface area (Å²) in [6, 6.07) is 5.32. The zero-order valence-electron chi connectivity index (χ0n) is 11.3. The molecule has 1 aromatic heterocycles. The van der Waals surface area contributed by atoms with Crippen LogP contribution < -0.4 is 0 Å². The van der Waals surface area contributed by atoms with E-state index in [0.29, 0.717) is 6.42 Å². The number of alkyl halides is 3. The molecule has 1 aromatic carbocycles. The molecule has 20 heavy (non-hydrogen) atoms. The van der Waals surface area contributed by atoms with E-state index in [-0.39, 0.29) is 0 Å². The van der Waals surface area contributed by atoms with Crippen molar-refractivity contribution < 1.29 is 13.2 Å². The quantitative estimate of drug-likeness (QED) is 0.792. The summed E-state index contributed by atoms with van der Waals surface area (Å²) in [5.41, 5.74) is 1.32. The fraction of sp³-hybridized carbons (Fsp3) is 0.333. The fourth-order valence-corrected chi connectivity index (χ4v) is 2.90. The first kappa shape index (κ1) is 15.0. The number of benzene rings is 1. The Kier molecular flexibility index (Phi) is 4.48. The number of aryl methyl sites for hydroxylation is 2. The highest BCUT2D eigenvalue weighted by Crippen LogP contribution is 2.29. The third kappa shape index (κ3) is 3.82. The Morgan fingerprint density at radius 2 is 1.75 bits per heavy atom. The van der Waals surface area contributed by atoms with Crippen LogP contribution in [0.25, 0.3) is 0 Å². The molecule has 0 fully saturated rings. The van der Waals surface area contributed by atoms with Crippen LogP contribution in [0.1, 0.15) is 26.7 Å². The van der Waals surface area contributed by atoms with Crippen LogP contribution in [0.2, 0.25) is 0 Å². The first-order chi connectivity index (χ1) is 9.36. The van der Waals surface area contributed by atoms with E-state index < -0.39 is 11.7 Å². The lowest BCUT2D eigenvalue weighted by molar-refractivity contribution is -0.137. The summed E-state index contributed by atoms with van der Waals surface area (Å²) in [6.07, 6.45) is -0.727. The standard InChI is InChI=1S/C15H15F3NS/c1-10-14(20-11(2)19-10)5-3-4-12-6-8-13(9-7-12)15(16,17)18/h3,6-9H,4-5H2,1-2H3. The Bertz CT molecular complexity index is 570. The maximum atomic E-state index is 12.4. The predicted molar refractivity (Wildman–Crippen MR) is 74.7 cm³/mol. The molecule has 0 bridgehead atoms. The molecule has 0 unspecified atom stereocenters. The van der Waals surface area contributed by atoms with Gasteiger partial charge in [0.05, 0.1) is 16.3 Å². The van der Waals surface area contributed by atoms with Gasteiger partial charge in [0.2, 0.25) is 0 Å². The first-order valence-corrected chi connectivity index (χ1v) is 7.08. The highest BCUT2D eigenvalue weighted by atomic mass is 32.1. The molecule has 0 aliphatic rings. The summed E-state index contributed by atoms with van der Waals surface area (Å²) < 4.78 is 37.3. The van der Waals surface area contributed by atoms with Gasteiger partial charge in [-0.15, -0.1) is 11.3 Å². The number of thiazole rings is 1. The van der Waals surface area contributed by atoms with Gasteiger partial charge in [-0.1, -0.05) is 12.1 Å². The van der Waals surface area contributed by atoms with Gasteiger partial charge in [0.15, 0.2) is 0 Å². The highest BCUT2D eigenvalue weighted by molar-refractivity contribution is 7.11. The molecular weight excluding hydrogens is 283 g/mol. The molecule has 0 saturated heterocycles. The normalized spacial score (nSPS) is 11.8. The SMILES string of the molecule is Cc1nc(C)c(C[CH]Cc2ccc(C(F)(F)F)cc2)s1. The van der Waals surface area contributed by atoms with E-state index in [2.05, 4.69) is 11.4 Å². The Balaban J connectivity index is 1.90. The van der Waals surface area contributed by atoms with Crippen molar-refractivity contribution in [3.63, 3.8) is 0 Å². The molecule has 107 valence electrons. The van der Waals surface area contributed by atoms with Crippen molar-refractivity contribution in [3.05, 3.63) is 57.4 Å². The van der Waals surface area contributed by atoms with E-state index in [9.17, 15) is 13.2 Å². The molecule has 1 nitrogen and oxygen atoms in total. The zero-order valence-corrected chi connectivity index (χ0v) is 12.1. The van der Waals surface area contributed by atoms with Gasteiger partial charge in [-0.3, -0.25) is 0 Å². The minimum atomic E-state index is -4.26. The second-order valence-corrected chi connectivity index (χ2v) is 5.92. The topological polar surface area (TPSA) is 12.9 Å².